The van der Waals surface area contributed by atoms with Gasteiger partial charge in [0, 0.05) is 10.9 Å². The molecule has 5 heteroatoms. The molecule has 0 fully saturated rings. The van der Waals surface area contributed by atoms with Gasteiger partial charge in [-0.3, -0.25) is 4.79 Å². The third-order valence-electron chi connectivity index (χ3n) is 3.20. The predicted octanol–water partition coefficient (Wildman–Crippen LogP) is 3.28. The maximum absolute atomic E-state index is 13.3. The zero-order valence-electron chi connectivity index (χ0n) is 10.8. The van der Waals surface area contributed by atoms with E-state index in [2.05, 4.69) is 4.98 Å². The van der Waals surface area contributed by atoms with Crippen LogP contribution in [0.3, 0.4) is 0 Å². The number of halogens is 2. The molecule has 1 amide bonds. The second-order valence-corrected chi connectivity index (χ2v) is 4.57. The van der Waals surface area contributed by atoms with Gasteiger partial charge in [-0.1, -0.05) is 18.2 Å². The van der Waals surface area contributed by atoms with Gasteiger partial charge in [0.1, 0.15) is 0 Å². The minimum atomic E-state index is -0.947. The van der Waals surface area contributed by atoms with Crippen molar-refractivity contribution in [3.05, 3.63) is 65.7 Å². The van der Waals surface area contributed by atoms with E-state index in [1.807, 2.05) is 0 Å². The maximum atomic E-state index is 13.3. The molecule has 2 aromatic carbocycles. The summed E-state index contributed by atoms with van der Waals surface area (Å²) in [7, 11) is 0. The van der Waals surface area contributed by atoms with Crippen molar-refractivity contribution in [3.8, 4) is 11.3 Å². The molecule has 21 heavy (non-hydrogen) atoms. The lowest BCUT2D eigenvalue weighted by Gasteiger charge is -2.06. The standard InChI is InChI=1S/C16H10F2N2O/c17-12-6-4-10(8-13(12)18)14-7-5-9-2-1-3-11(16(19)21)15(9)20-14/h1-8H,(H2,19,21). The van der Waals surface area contributed by atoms with E-state index in [0.29, 0.717) is 16.8 Å². The first kappa shape index (κ1) is 13.2. The number of nitrogens with zero attached hydrogens (tertiary/aromatic N) is 1. The Morgan fingerprint density at radius 2 is 1.81 bits per heavy atom. The molecule has 0 spiro atoms. The number of aromatic nitrogens is 1. The molecule has 0 radical (unpaired) electrons. The number of para-hydroxylation sites is 1. The molecule has 3 nitrogen and oxygen atoms in total. The first-order valence-corrected chi connectivity index (χ1v) is 6.21. The Balaban J connectivity index is 2.22. The van der Waals surface area contributed by atoms with Crippen molar-refractivity contribution in [1.82, 2.24) is 4.98 Å². The lowest BCUT2D eigenvalue weighted by atomic mass is 10.1. The predicted molar refractivity (Wildman–Crippen MR) is 75.6 cm³/mol. The first-order valence-electron chi connectivity index (χ1n) is 6.21. The molecule has 1 aromatic heterocycles. The van der Waals surface area contributed by atoms with Crippen LogP contribution in [0.2, 0.25) is 0 Å². The second kappa shape index (κ2) is 4.94. The van der Waals surface area contributed by atoms with Gasteiger partial charge in [0.2, 0.25) is 0 Å². The summed E-state index contributed by atoms with van der Waals surface area (Å²) in [6.07, 6.45) is 0. The smallest absolute Gasteiger partial charge is 0.250 e. The minimum absolute atomic E-state index is 0.289. The van der Waals surface area contributed by atoms with Crippen LogP contribution in [-0.2, 0) is 0 Å². The lowest BCUT2D eigenvalue weighted by Crippen LogP contribution is -2.11. The van der Waals surface area contributed by atoms with Crippen molar-refractivity contribution in [1.29, 1.82) is 0 Å². The summed E-state index contributed by atoms with van der Waals surface area (Å²) in [5.41, 5.74) is 6.92. The molecule has 0 aliphatic rings. The Hall–Kier alpha value is -2.82. The number of amides is 1. The van der Waals surface area contributed by atoms with Crippen LogP contribution in [-0.4, -0.2) is 10.9 Å². The number of carbonyl (C=O) groups excluding carboxylic acids is 1. The Labute approximate surface area is 119 Å². The summed E-state index contributed by atoms with van der Waals surface area (Å²) >= 11 is 0. The number of pyridine rings is 1. The van der Waals surface area contributed by atoms with Gasteiger partial charge in [-0.05, 0) is 30.3 Å². The molecule has 2 N–H and O–H groups in total. The first-order chi connectivity index (χ1) is 10.1. The molecule has 3 rings (SSSR count). The number of benzene rings is 2. The van der Waals surface area contributed by atoms with Crippen LogP contribution in [0.25, 0.3) is 22.2 Å². The lowest BCUT2D eigenvalue weighted by molar-refractivity contribution is 0.100. The molecule has 0 bridgehead atoms. The van der Waals surface area contributed by atoms with Crippen molar-refractivity contribution in [2.45, 2.75) is 0 Å². The molecule has 0 saturated carbocycles. The fourth-order valence-corrected chi connectivity index (χ4v) is 2.16. The van der Waals surface area contributed by atoms with Gasteiger partial charge in [-0.25, -0.2) is 13.8 Å². The molecule has 0 unspecified atom stereocenters. The number of nitrogens with two attached hydrogens (primary N) is 1. The van der Waals surface area contributed by atoms with Gasteiger partial charge < -0.3 is 5.73 Å². The highest BCUT2D eigenvalue weighted by atomic mass is 19.2. The summed E-state index contributed by atoms with van der Waals surface area (Å²) in [6, 6.07) is 12.1. The van der Waals surface area contributed by atoms with Gasteiger partial charge in [0.05, 0.1) is 16.8 Å². The van der Waals surface area contributed by atoms with Gasteiger partial charge in [0.25, 0.3) is 5.91 Å². The van der Waals surface area contributed by atoms with Gasteiger partial charge in [-0.15, -0.1) is 0 Å². The van der Waals surface area contributed by atoms with Crippen LogP contribution < -0.4 is 5.73 Å². The summed E-state index contributed by atoms with van der Waals surface area (Å²) in [6.45, 7) is 0. The van der Waals surface area contributed by atoms with E-state index in [-0.39, 0.29) is 5.56 Å². The number of rotatable bonds is 2. The number of primary amides is 1. The van der Waals surface area contributed by atoms with Gasteiger partial charge >= 0.3 is 0 Å². The third-order valence-corrected chi connectivity index (χ3v) is 3.20. The average molecular weight is 284 g/mol. The number of hydrogen-bond acceptors (Lipinski definition) is 2. The zero-order valence-corrected chi connectivity index (χ0v) is 10.8. The van der Waals surface area contributed by atoms with Crippen molar-refractivity contribution in [2.75, 3.05) is 0 Å². The minimum Gasteiger partial charge on any atom is -0.366 e. The van der Waals surface area contributed by atoms with Crippen LogP contribution in [0.1, 0.15) is 10.4 Å². The Morgan fingerprint density at radius 3 is 2.52 bits per heavy atom. The Kier molecular flexibility index (Phi) is 3.10. The number of fused-ring (bicyclic) bond motifs is 1. The van der Waals surface area contributed by atoms with Crippen molar-refractivity contribution in [2.24, 2.45) is 5.73 Å². The average Bonchev–Trinajstić information content (AvgIpc) is 2.48. The van der Waals surface area contributed by atoms with E-state index >= 15 is 0 Å². The van der Waals surface area contributed by atoms with E-state index in [1.165, 1.54) is 6.07 Å². The quantitative estimate of drug-likeness (QED) is 0.785. The van der Waals surface area contributed by atoms with Crippen molar-refractivity contribution in [3.63, 3.8) is 0 Å². The molecule has 104 valence electrons. The van der Waals surface area contributed by atoms with Gasteiger partial charge in [-0.2, -0.15) is 0 Å². The molecular formula is C16H10F2N2O. The van der Waals surface area contributed by atoms with E-state index < -0.39 is 17.5 Å². The van der Waals surface area contributed by atoms with E-state index in [0.717, 1.165) is 17.5 Å². The number of carbonyl (C=O) groups is 1. The van der Waals surface area contributed by atoms with Crippen LogP contribution in [0.15, 0.2) is 48.5 Å². The Morgan fingerprint density at radius 1 is 1.00 bits per heavy atom. The summed E-state index contributed by atoms with van der Waals surface area (Å²) < 4.78 is 26.3. The van der Waals surface area contributed by atoms with Crippen LogP contribution in [0.4, 0.5) is 8.78 Å². The molecule has 3 aromatic rings. The highest BCUT2D eigenvalue weighted by Crippen LogP contribution is 2.24. The van der Waals surface area contributed by atoms with Crippen molar-refractivity contribution >= 4 is 16.8 Å². The largest absolute Gasteiger partial charge is 0.366 e. The highest BCUT2D eigenvalue weighted by Gasteiger charge is 2.10. The monoisotopic (exact) mass is 284 g/mol. The third kappa shape index (κ3) is 2.33. The second-order valence-electron chi connectivity index (χ2n) is 4.57. The number of hydrogen-bond donors (Lipinski definition) is 1. The highest BCUT2D eigenvalue weighted by molar-refractivity contribution is 6.05. The van der Waals surface area contributed by atoms with E-state index in [1.54, 1.807) is 30.3 Å². The van der Waals surface area contributed by atoms with E-state index in [9.17, 15) is 13.6 Å². The van der Waals surface area contributed by atoms with E-state index in [4.69, 9.17) is 5.73 Å². The Bertz CT molecular complexity index is 862. The molecule has 0 aliphatic carbocycles. The SMILES string of the molecule is NC(=O)c1cccc2ccc(-c3ccc(F)c(F)c3)nc12. The van der Waals surface area contributed by atoms with Gasteiger partial charge in [0.15, 0.2) is 11.6 Å². The molecule has 1 heterocycles. The molecule has 0 atom stereocenters. The van der Waals surface area contributed by atoms with Crippen molar-refractivity contribution < 1.29 is 13.6 Å². The fraction of sp³-hybridized carbons (Fsp3) is 0. The maximum Gasteiger partial charge on any atom is 0.250 e. The fourth-order valence-electron chi connectivity index (χ4n) is 2.16. The molecule has 0 saturated heterocycles. The summed E-state index contributed by atoms with van der Waals surface area (Å²) in [4.78, 5) is 15.8. The topological polar surface area (TPSA) is 56.0 Å². The van der Waals surface area contributed by atoms with Crippen LogP contribution >= 0.6 is 0 Å². The normalized spacial score (nSPS) is 10.8. The van der Waals surface area contributed by atoms with Crippen LogP contribution in [0, 0.1) is 11.6 Å². The zero-order chi connectivity index (χ0) is 15.0. The molecular weight excluding hydrogens is 274 g/mol. The summed E-state index contributed by atoms with van der Waals surface area (Å²) in [5.74, 6) is -2.45. The molecule has 0 aliphatic heterocycles. The van der Waals surface area contributed by atoms with Crippen LogP contribution in [0.5, 0.6) is 0 Å². The summed E-state index contributed by atoms with van der Waals surface area (Å²) in [5, 5.41) is 0.748.